The second kappa shape index (κ2) is 6.17. The van der Waals surface area contributed by atoms with Gasteiger partial charge in [0.25, 0.3) is 5.91 Å². The highest BCUT2D eigenvalue weighted by molar-refractivity contribution is 7.12. The summed E-state index contributed by atoms with van der Waals surface area (Å²) in [6.45, 7) is 0. The van der Waals surface area contributed by atoms with Crippen molar-refractivity contribution in [3.63, 3.8) is 0 Å². The molecule has 0 saturated carbocycles. The van der Waals surface area contributed by atoms with Crippen LogP contribution in [0.1, 0.15) is 20.0 Å². The van der Waals surface area contributed by atoms with Crippen LogP contribution >= 0.6 is 34.5 Å². The summed E-state index contributed by atoms with van der Waals surface area (Å²) < 4.78 is 4.62. The average Bonchev–Trinajstić information content (AvgIpc) is 2.88. The summed E-state index contributed by atoms with van der Waals surface area (Å²) in [7, 11) is 1.26. The van der Waals surface area contributed by atoms with E-state index < -0.39 is 11.9 Å². The lowest BCUT2D eigenvalue weighted by atomic mass is 10.2. The number of hydrogen-bond donors (Lipinski definition) is 1. The molecule has 0 atom stereocenters. The third-order valence-corrected chi connectivity index (χ3v) is 3.61. The fraction of sp³-hybridized carbons (Fsp3) is 0.0909. The highest BCUT2D eigenvalue weighted by Crippen LogP contribution is 2.25. The quantitative estimate of drug-likeness (QED) is 0.874. The van der Waals surface area contributed by atoms with Crippen LogP contribution in [-0.4, -0.2) is 29.2 Å². The second-order valence-corrected chi connectivity index (χ2v) is 5.14. The molecule has 0 bridgehead atoms. The molecule has 0 aliphatic carbocycles. The molecule has 1 amide bonds. The lowest BCUT2D eigenvalue weighted by molar-refractivity contribution is 0.0607. The number of anilines is 1. The fourth-order valence-corrected chi connectivity index (χ4v) is 2.45. The molecule has 0 fully saturated rings. The maximum absolute atomic E-state index is 12.1. The van der Waals surface area contributed by atoms with Gasteiger partial charge in [-0.15, -0.1) is 21.5 Å². The van der Waals surface area contributed by atoms with Gasteiger partial charge in [-0.25, -0.2) is 4.79 Å². The van der Waals surface area contributed by atoms with Gasteiger partial charge in [-0.3, -0.25) is 4.79 Å². The van der Waals surface area contributed by atoms with Crippen LogP contribution in [0.4, 0.5) is 5.69 Å². The van der Waals surface area contributed by atoms with Crippen LogP contribution < -0.4 is 5.32 Å². The van der Waals surface area contributed by atoms with E-state index in [9.17, 15) is 9.59 Å². The Kier molecular flexibility index (Phi) is 4.53. The molecule has 1 N–H and O–H groups in total. The minimum atomic E-state index is -0.546. The zero-order valence-corrected chi connectivity index (χ0v) is 12.3. The number of amides is 1. The van der Waals surface area contributed by atoms with Crippen LogP contribution in [0.25, 0.3) is 0 Å². The highest BCUT2D eigenvalue weighted by atomic mass is 35.5. The zero-order chi connectivity index (χ0) is 14.7. The first-order valence-corrected chi connectivity index (χ1v) is 6.82. The van der Waals surface area contributed by atoms with Gasteiger partial charge in [0, 0.05) is 0 Å². The van der Waals surface area contributed by atoms with E-state index in [0.717, 1.165) is 11.3 Å². The highest BCUT2D eigenvalue weighted by Gasteiger charge is 2.18. The smallest absolute Gasteiger partial charge is 0.350 e. The maximum Gasteiger partial charge on any atom is 0.350 e. The lowest BCUT2D eigenvalue weighted by Gasteiger charge is -2.06. The maximum atomic E-state index is 12.1. The van der Waals surface area contributed by atoms with E-state index in [-0.39, 0.29) is 20.7 Å². The van der Waals surface area contributed by atoms with Gasteiger partial charge in [0.1, 0.15) is 4.88 Å². The van der Waals surface area contributed by atoms with Gasteiger partial charge in [0.05, 0.1) is 18.4 Å². The first kappa shape index (κ1) is 14.7. The predicted octanol–water partition coefficient (Wildman–Crippen LogP) is 2.88. The fourth-order valence-electron chi connectivity index (χ4n) is 1.36. The van der Waals surface area contributed by atoms with Crippen molar-refractivity contribution in [1.29, 1.82) is 0 Å². The number of carbonyl (C=O) groups excluding carboxylic acids is 2. The molecule has 6 nitrogen and oxygen atoms in total. The number of esters is 1. The molecular formula is C11H7Cl2N3O3S. The minimum absolute atomic E-state index is 0.0399. The van der Waals surface area contributed by atoms with Crippen LogP contribution in [0.2, 0.25) is 10.3 Å². The van der Waals surface area contributed by atoms with Crippen molar-refractivity contribution >= 4 is 52.1 Å². The number of nitrogens with one attached hydrogen (secondary N) is 1. The van der Waals surface area contributed by atoms with E-state index >= 15 is 0 Å². The first-order chi connectivity index (χ1) is 9.52. The molecule has 0 spiro atoms. The summed E-state index contributed by atoms with van der Waals surface area (Å²) in [5.74, 6) is -1.08. The Morgan fingerprint density at radius 1 is 1.35 bits per heavy atom. The summed E-state index contributed by atoms with van der Waals surface area (Å²) >= 11 is 12.6. The van der Waals surface area contributed by atoms with E-state index in [1.807, 2.05) is 0 Å². The Morgan fingerprint density at radius 3 is 2.80 bits per heavy atom. The number of aromatic nitrogens is 2. The molecule has 104 valence electrons. The predicted molar refractivity (Wildman–Crippen MR) is 75.7 cm³/mol. The zero-order valence-electron chi connectivity index (χ0n) is 10.0. The Labute approximate surface area is 127 Å². The molecule has 0 radical (unpaired) electrons. The van der Waals surface area contributed by atoms with E-state index in [2.05, 4.69) is 20.3 Å². The standard InChI is InChI=1S/C11H7Cl2N3O3S/c1-19-11(18)8-6(2-3-20-8)14-10(17)5-4-7(12)15-16-9(5)13/h2-4H,1H3,(H,14,17). The van der Waals surface area contributed by atoms with Crippen molar-refractivity contribution in [2.75, 3.05) is 12.4 Å². The van der Waals surface area contributed by atoms with Gasteiger partial charge in [-0.05, 0) is 17.5 Å². The van der Waals surface area contributed by atoms with Crippen molar-refractivity contribution in [1.82, 2.24) is 10.2 Å². The molecule has 0 aliphatic rings. The van der Waals surface area contributed by atoms with Crippen molar-refractivity contribution in [3.05, 3.63) is 38.3 Å². The van der Waals surface area contributed by atoms with E-state index in [1.165, 1.54) is 13.2 Å². The topological polar surface area (TPSA) is 81.2 Å². The molecular weight excluding hydrogens is 325 g/mol. The van der Waals surface area contributed by atoms with E-state index in [0.29, 0.717) is 5.69 Å². The second-order valence-electron chi connectivity index (χ2n) is 3.48. The Hall–Kier alpha value is -1.70. The van der Waals surface area contributed by atoms with Crippen LogP contribution in [0, 0.1) is 0 Å². The molecule has 0 aromatic carbocycles. The Morgan fingerprint density at radius 2 is 2.10 bits per heavy atom. The molecule has 9 heteroatoms. The van der Waals surface area contributed by atoms with Gasteiger partial charge >= 0.3 is 5.97 Å². The number of ether oxygens (including phenoxy) is 1. The molecule has 2 aromatic rings. The number of methoxy groups -OCH3 is 1. The van der Waals surface area contributed by atoms with Gasteiger partial charge in [0.2, 0.25) is 0 Å². The lowest BCUT2D eigenvalue weighted by Crippen LogP contribution is -2.15. The van der Waals surface area contributed by atoms with Crippen LogP contribution in [0.5, 0.6) is 0 Å². The number of rotatable bonds is 3. The minimum Gasteiger partial charge on any atom is -0.465 e. The van der Waals surface area contributed by atoms with Crippen LogP contribution in [0.15, 0.2) is 17.5 Å². The van der Waals surface area contributed by atoms with Gasteiger partial charge in [0.15, 0.2) is 10.3 Å². The van der Waals surface area contributed by atoms with Gasteiger partial charge in [-0.2, -0.15) is 0 Å². The normalized spacial score (nSPS) is 10.2. The number of thiophene rings is 1. The summed E-state index contributed by atoms with van der Waals surface area (Å²) in [6, 6.07) is 2.87. The Balaban J connectivity index is 2.26. The van der Waals surface area contributed by atoms with Crippen LogP contribution in [0.3, 0.4) is 0 Å². The molecule has 2 rings (SSSR count). The number of hydrogen-bond acceptors (Lipinski definition) is 6. The average molecular weight is 332 g/mol. The molecule has 2 aromatic heterocycles. The van der Waals surface area contributed by atoms with Crippen molar-refractivity contribution < 1.29 is 14.3 Å². The summed E-state index contributed by atoms with van der Waals surface area (Å²) in [5, 5.41) is 11.2. The van der Waals surface area contributed by atoms with Crippen molar-refractivity contribution in [2.45, 2.75) is 0 Å². The van der Waals surface area contributed by atoms with Crippen LogP contribution in [-0.2, 0) is 4.74 Å². The first-order valence-electron chi connectivity index (χ1n) is 5.18. The number of nitrogens with zero attached hydrogens (tertiary/aromatic N) is 2. The number of carbonyl (C=O) groups is 2. The third kappa shape index (κ3) is 3.06. The summed E-state index contributed by atoms with van der Waals surface area (Å²) in [4.78, 5) is 23.9. The molecule has 0 saturated heterocycles. The van der Waals surface area contributed by atoms with Gasteiger partial charge < -0.3 is 10.1 Å². The largest absolute Gasteiger partial charge is 0.465 e. The third-order valence-electron chi connectivity index (χ3n) is 2.25. The van der Waals surface area contributed by atoms with E-state index in [4.69, 9.17) is 23.2 Å². The summed E-state index contributed by atoms with van der Waals surface area (Å²) in [5.41, 5.74) is 0.393. The molecule has 0 unspecified atom stereocenters. The molecule has 20 heavy (non-hydrogen) atoms. The van der Waals surface area contributed by atoms with Crippen molar-refractivity contribution in [3.8, 4) is 0 Å². The Bertz CT molecular complexity index is 675. The number of halogens is 2. The van der Waals surface area contributed by atoms with Crippen molar-refractivity contribution in [2.24, 2.45) is 0 Å². The summed E-state index contributed by atoms with van der Waals surface area (Å²) in [6.07, 6.45) is 0. The SMILES string of the molecule is COC(=O)c1sccc1NC(=O)c1cc(Cl)nnc1Cl. The monoisotopic (exact) mass is 331 g/mol. The molecule has 0 aliphatic heterocycles. The van der Waals surface area contributed by atoms with E-state index in [1.54, 1.807) is 11.4 Å². The van der Waals surface area contributed by atoms with Gasteiger partial charge in [-0.1, -0.05) is 23.2 Å². The molecule has 2 heterocycles.